The van der Waals surface area contributed by atoms with Crippen LogP contribution in [0.3, 0.4) is 0 Å². The van der Waals surface area contributed by atoms with Crippen LogP contribution in [0, 0.1) is 0 Å². The maximum Gasteiger partial charge on any atom is 2.00 e. The van der Waals surface area contributed by atoms with Crippen molar-refractivity contribution in [3.8, 4) is 0 Å². The van der Waals surface area contributed by atoms with E-state index < -0.39 is 11.9 Å². The molecule has 0 aliphatic carbocycles. The number of aliphatic carboxylic acids is 2. The maximum absolute atomic E-state index is 11.6. The molecule has 0 radical (unpaired) electrons. The molecule has 11 heteroatoms. The fourth-order valence-electron chi connectivity index (χ4n) is 7.92. The van der Waals surface area contributed by atoms with Gasteiger partial charge < -0.3 is 38.7 Å². The SMILES string of the molecule is CCCCCCCCCCC(CC(CCCCC(=O)[O-])OC(C)=O)OCc1ccccc1.CCCCCCCCCCC(CC(CCCCC(=O)[O-])OC(C)=O)OCc1ccccc1.[Ba+2]. The summed E-state index contributed by atoms with van der Waals surface area (Å²) in [5.41, 5.74) is 2.26. The second kappa shape index (κ2) is 44.3. The minimum Gasteiger partial charge on any atom is -0.550 e. The molecule has 0 aromatic heterocycles. The first-order chi connectivity index (χ1) is 31.0. The van der Waals surface area contributed by atoms with Crippen molar-refractivity contribution in [2.24, 2.45) is 0 Å². The van der Waals surface area contributed by atoms with Crippen LogP contribution in [0.5, 0.6) is 0 Å². The molecule has 0 saturated carbocycles. The molecule has 0 N–H and O–H groups in total. The number of rotatable bonds is 40. The molecular weight excluding hydrogens is 946 g/mol. The zero-order valence-corrected chi connectivity index (χ0v) is 45.5. The van der Waals surface area contributed by atoms with E-state index in [0.717, 1.165) is 36.8 Å². The topological polar surface area (TPSA) is 151 Å². The third-order valence-electron chi connectivity index (χ3n) is 11.4. The van der Waals surface area contributed by atoms with Gasteiger partial charge >= 0.3 is 60.8 Å². The Balaban J connectivity index is 0.00000124. The number of carbonyl (C=O) groups is 4. The molecule has 0 saturated heterocycles. The number of carboxylic acids is 2. The summed E-state index contributed by atoms with van der Waals surface area (Å²) in [6.45, 7) is 8.41. The normalized spacial score (nSPS) is 12.7. The number of benzene rings is 2. The number of esters is 2. The number of hydrogen-bond acceptors (Lipinski definition) is 10. The van der Waals surface area contributed by atoms with Crippen LogP contribution in [-0.4, -0.2) is 97.2 Å². The predicted octanol–water partition coefficient (Wildman–Crippen LogP) is 11.1. The van der Waals surface area contributed by atoms with Crippen LogP contribution in [0.4, 0.5) is 0 Å². The molecule has 0 heterocycles. The van der Waals surface area contributed by atoms with Crippen molar-refractivity contribution in [2.45, 2.75) is 245 Å². The van der Waals surface area contributed by atoms with E-state index in [1.165, 1.54) is 104 Å². The number of ether oxygens (including phenoxy) is 4. The molecule has 4 atom stereocenters. The summed E-state index contributed by atoms with van der Waals surface area (Å²) in [7, 11) is 0. The molecule has 0 amide bonds. The zero-order chi connectivity index (χ0) is 46.9. The molecule has 0 aliphatic rings. The first-order valence-electron chi connectivity index (χ1n) is 25.1. The number of unbranched alkanes of at least 4 members (excludes halogenated alkanes) is 16. The molecule has 364 valence electrons. The molecule has 0 spiro atoms. The summed E-state index contributed by atoms with van der Waals surface area (Å²) in [5.74, 6) is -2.67. The monoisotopic (exact) mass is 1030 g/mol. The van der Waals surface area contributed by atoms with Gasteiger partial charge in [0, 0.05) is 38.6 Å². The molecular formula is C54H86BaO10. The average Bonchev–Trinajstić information content (AvgIpc) is 3.26. The standard InChI is InChI=1S/2C27H44O5.Ba/c2*1-3-4-5-6-7-8-9-13-18-25(31-22-24-16-11-10-12-17-24)21-26(32-23(2)28)19-14-15-20-27(29)30;/h2*10-12,16-17,25-26H,3-9,13-15,18-22H2,1-2H3,(H,29,30);/q;;+2/p-2. The van der Waals surface area contributed by atoms with Crippen LogP contribution < -0.4 is 10.2 Å². The second-order valence-corrected chi connectivity index (χ2v) is 17.5. The molecule has 65 heavy (non-hydrogen) atoms. The van der Waals surface area contributed by atoms with Gasteiger partial charge in [0.25, 0.3) is 0 Å². The maximum atomic E-state index is 11.6. The molecule has 0 aliphatic heterocycles. The van der Waals surface area contributed by atoms with Gasteiger partial charge in [0.2, 0.25) is 0 Å². The van der Waals surface area contributed by atoms with Gasteiger partial charge in [0.15, 0.2) is 0 Å². The summed E-state index contributed by atoms with van der Waals surface area (Å²) in [6.07, 6.45) is 26.8. The first-order valence-corrected chi connectivity index (χ1v) is 25.1. The smallest absolute Gasteiger partial charge is 0.550 e. The first kappa shape index (κ1) is 62.8. The van der Waals surface area contributed by atoms with Gasteiger partial charge in [-0.3, -0.25) is 9.59 Å². The Labute approximate surface area is 434 Å². The quantitative estimate of drug-likeness (QED) is 0.0358. The summed E-state index contributed by atoms with van der Waals surface area (Å²) in [6, 6.07) is 20.2. The van der Waals surface area contributed by atoms with E-state index in [1.54, 1.807) is 0 Å². The van der Waals surface area contributed by atoms with Gasteiger partial charge in [-0.05, 0) is 75.3 Å². The van der Waals surface area contributed by atoms with Crippen molar-refractivity contribution < 1.29 is 48.3 Å². The van der Waals surface area contributed by atoms with E-state index in [1.807, 2.05) is 36.4 Å². The van der Waals surface area contributed by atoms with Crippen LogP contribution in [0.15, 0.2) is 60.7 Å². The van der Waals surface area contributed by atoms with E-state index in [-0.39, 0.29) is 98.1 Å². The predicted molar refractivity (Wildman–Crippen MR) is 258 cm³/mol. The van der Waals surface area contributed by atoms with Crippen molar-refractivity contribution in [3.05, 3.63) is 71.8 Å². The van der Waals surface area contributed by atoms with E-state index in [2.05, 4.69) is 38.1 Å². The van der Waals surface area contributed by atoms with Gasteiger partial charge in [-0.25, -0.2) is 0 Å². The summed E-state index contributed by atoms with van der Waals surface area (Å²) in [5, 5.41) is 21.3. The molecule has 2 rings (SSSR count). The van der Waals surface area contributed by atoms with E-state index in [9.17, 15) is 29.4 Å². The Morgan fingerprint density at radius 1 is 0.431 bits per heavy atom. The Bertz CT molecular complexity index is 1320. The van der Waals surface area contributed by atoms with Crippen molar-refractivity contribution in [1.82, 2.24) is 0 Å². The minimum absolute atomic E-state index is 0. The van der Waals surface area contributed by atoms with Gasteiger partial charge in [-0.15, -0.1) is 0 Å². The largest absolute Gasteiger partial charge is 2.00 e. The summed E-state index contributed by atoms with van der Waals surface area (Å²) in [4.78, 5) is 44.5. The van der Waals surface area contributed by atoms with Gasteiger partial charge in [0.05, 0.1) is 25.4 Å². The van der Waals surface area contributed by atoms with Crippen molar-refractivity contribution in [3.63, 3.8) is 0 Å². The van der Waals surface area contributed by atoms with Gasteiger partial charge in [-0.2, -0.15) is 0 Å². The molecule has 10 nitrogen and oxygen atoms in total. The van der Waals surface area contributed by atoms with E-state index >= 15 is 0 Å². The summed E-state index contributed by atoms with van der Waals surface area (Å²) < 4.78 is 23.6. The van der Waals surface area contributed by atoms with Crippen molar-refractivity contribution >= 4 is 72.8 Å². The Kier molecular flexibility index (Phi) is 42.8. The van der Waals surface area contributed by atoms with Crippen LogP contribution in [0.2, 0.25) is 0 Å². The Morgan fingerprint density at radius 3 is 1.03 bits per heavy atom. The molecule has 4 unspecified atom stereocenters. The van der Waals surface area contributed by atoms with E-state index in [4.69, 9.17) is 18.9 Å². The van der Waals surface area contributed by atoms with Crippen molar-refractivity contribution in [1.29, 1.82) is 0 Å². The van der Waals surface area contributed by atoms with Crippen LogP contribution >= 0.6 is 0 Å². The molecule has 0 bridgehead atoms. The number of carboxylic acid groups (broad SMARTS) is 2. The molecule has 2 aromatic carbocycles. The Morgan fingerprint density at radius 2 is 0.723 bits per heavy atom. The van der Waals surface area contributed by atoms with Crippen molar-refractivity contribution in [2.75, 3.05) is 0 Å². The number of carbonyl (C=O) groups excluding carboxylic acids is 4. The number of hydrogen-bond donors (Lipinski definition) is 0. The van der Waals surface area contributed by atoms with E-state index in [0.29, 0.717) is 64.6 Å². The zero-order valence-electron chi connectivity index (χ0n) is 41.1. The third kappa shape index (κ3) is 40.6. The van der Waals surface area contributed by atoms with Crippen LogP contribution in [0.25, 0.3) is 0 Å². The van der Waals surface area contributed by atoms with Crippen LogP contribution in [-0.2, 0) is 51.3 Å². The Hall–Kier alpha value is -2.19. The second-order valence-electron chi connectivity index (χ2n) is 17.5. The fourth-order valence-corrected chi connectivity index (χ4v) is 7.92. The average molecular weight is 1030 g/mol. The van der Waals surface area contributed by atoms with Gasteiger partial charge in [0.1, 0.15) is 12.2 Å². The third-order valence-corrected chi connectivity index (χ3v) is 11.4. The minimum atomic E-state index is -1.03. The molecule has 2 aromatic rings. The summed E-state index contributed by atoms with van der Waals surface area (Å²) >= 11 is 0. The fraction of sp³-hybridized carbons (Fsp3) is 0.704. The molecule has 0 fully saturated rings. The van der Waals surface area contributed by atoms with Crippen LogP contribution in [0.1, 0.15) is 219 Å². The van der Waals surface area contributed by atoms with Gasteiger partial charge in [-0.1, -0.05) is 177 Å².